The highest BCUT2D eigenvalue weighted by molar-refractivity contribution is 5.74. The van der Waals surface area contributed by atoms with Gasteiger partial charge >= 0.3 is 6.03 Å². The third-order valence-electron chi connectivity index (χ3n) is 7.29. The molecule has 0 spiro atoms. The second-order valence-corrected chi connectivity index (χ2v) is 9.33. The summed E-state index contributed by atoms with van der Waals surface area (Å²) in [7, 11) is 0. The normalized spacial score (nSPS) is 20.0. The van der Waals surface area contributed by atoms with Crippen LogP contribution in [0.15, 0.2) is 71.9 Å². The fourth-order valence-electron chi connectivity index (χ4n) is 5.75. The fraction of sp³-hybridized carbons (Fsp3) is 0.357. The summed E-state index contributed by atoms with van der Waals surface area (Å²) in [5, 5.41) is 10.7. The predicted octanol–water partition coefficient (Wildman–Crippen LogP) is 5.83. The molecule has 1 unspecified atom stereocenters. The molecule has 0 radical (unpaired) electrons. The lowest BCUT2D eigenvalue weighted by atomic mass is 9.78. The summed E-state index contributed by atoms with van der Waals surface area (Å²) >= 11 is 0. The lowest BCUT2D eigenvalue weighted by Gasteiger charge is -2.30. The zero-order valence-electron chi connectivity index (χ0n) is 19.7. The van der Waals surface area contributed by atoms with Crippen LogP contribution in [0.2, 0.25) is 0 Å². The largest absolute Gasteiger partial charge is 0.338 e. The Morgan fingerprint density at radius 2 is 1.94 bits per heavy atom. The van der Waals surface area contributed by atoms with E-state index in [9.17, 15) is 9.18 Å². The Labute approximate surface area is 200 Å². The van der Waals surface area contributed by atoms with Gasteiger partial charge in [-0.05, 0) is 61.9 Å². The van der Waals surface area contributed by atoms with Gasteiger partial charge in [0.1, 0.15) is 5.82 Å². The van der Waals surface area contributed by atoms with Crippen LogP contribution in [-0.2, 0) is 6.42 Å². The van der Waals surface area contributed by atoms with Gasteiger partial charge in [-0.2, -0.15) is 5.10 Å². The van der Waals surface area contributed by atoms with E-state index in [-0.39, 0.29) is 23.8 Å². The standard InChI is InChI=1S/C28H31FN4O/c1-3-30-28(34)32-25(19-7-5-4-6-8-19)15-20-9-10-21-16-26-24(18(2)27(20)21)17-31-33(26)23-13-11-22(29)12-14-23/h4-8,11-14,17-18,20,25H,3,9-10,15-16H2,1-2H3,(H2,30,32,34)/t18-,20+,25?/m0/s1. The number of carbonyl (C=O) groups excluding carboxylic acids is 1. The van der Waals surface area contributed by atoms with Crippen molar-refractivity contribution in [1.82, 2.24) is 20.4 Å². The zero-order valence-corrected chi connectivity index (χ0v) is 19.7. The average molecular weight is 459 g/mol. The quantitative estimate of drug-likeness (QED) is 0.457. The van der Waals surface area contributed by atoms with E-state index in [2.05, 4.69) is 34.8 Å². The first-order valence-corrected chi connectivity index (χ1v) is 12.2. The first kappa shape index (κ1) is 22.4. The lowest BCUT2D eigenvalue weighted by molar-refractivity contribution is 0.235. The molecule has 5 rings (SSSR count). The Morgan fingerprint density at radius 3 is 2.68 bits per heavy atom. The molecule has 0 saturated heterocycles. The highest BCUT2D eigenvalue weighted by Crippen LogP contribution is 2.49. The number of fused-ring (bicyclic) bond motifs is 1. The summed E-state index contributed by atoms with van der Waals surface area (Å²) in [4.78, 5) is 12.4. The summed E-state index contributed by atoms with van der Waals surface area (Å²) in [5.41, 5.74) is 7.50. The molecule has 2 aliphatic rings. The smallest absolute Gasteiger partial charge is 0.315 e. The Hall–Kier alpha value is -3.41. The van der Waals surface area contributed by atoms with Crippen molar-refractivity contribution in [3.63, 3.8) is 0 Å². The van der Waals surface area contributed by atoms with Gasteiger partial charge in [0.25, 0.3) is 0 Å². The molecule has 5 nitrogen and oxygen atoms in total. The SMILES string of the molecule is CCNC(=O)NC(C[C@H]1CCC2=C1[C@@H](C)c1cnn(-c3ccc(F)cc3)c1C2)c1ccccc1. The van der Waals surface area contributed by atoms with Gasteiger partial charge in [-0.1, -0.05) is 48.4 Å². The Bertz CT molecular complexity index is 1200. The maximum Gasteiger partial charge on any atom is 0.315 e. The number of aromatic nitrogens is 2. The van der Waals surface area contributed by atoms with Crippen LogP contribution in [-0.4, -0.2) is 22.4 Å². The van der Waals surface area contributed by atoms with Crippen molar-refractivity contribution in [2.75, 3.05) is 6.54 Å². The first-order chi connectivity index (χ1) is 16.5. The highest BCUT2D eigenvalue weighted by atomic mass is 19.1. The van der Waals surface area contributed by atoms with Crippen LogP contribution < -0.4 is 10.6 Å². The molecular formula is C28H31FN4O. The van der Waals surface area contributed by atoms with Gasteiger partial charge < -0.3 is 10.6 Å². The van der Waals surface area contributed by atoms with Crippen molar-refractivity contribution in [1.29, 1.82) is 0 Å². The van der Waals surface area contributed by atoms with E-state index in [1.807, 2.05) is 36.0 Å². The maximum absolute atomic E-state index is 13.4. The van der Waals surface area contributed by atoms with E-state index in [0.717, 1.165) is 36.9 Å². The van der Waals surface area contributed by atoms with Gasteiger partial charge in [0.15, 0.2) is 0 Å². The van der Waals surface area contributed by atoms with Crippen molar-refractivity contribution < 1.29 is 9.18 Å². The van der Waals surface area contributed by atoms with E-state index in [4.69, 9.17) is 0 Å². The number of nitrogens with zero attached hydrogens (tertiary/aromatic N) is 2. The summed E-state index contributed by atoms with van der Waals surface area (Å²) in [6.07, 6.45) is 5.91. The Balaban J connectivity index is 1.40. The van der Waals surface area contributed by atoms with Crippen LogP contribution in [0.25, 0.3) is 5.69 Å². The second-order valence-electron chi connectivity index (χ2n) is 9.33. The third kappa shape index (κ3) is 4.25. The number of carbonyl (C=O) groups is 1. The molecule has 0 saturated carbocycles. The highest BCUT2D eigenvalue weighted by Gasteiger charge is 2.37. The van der Waals surface area contributed by atoms with Crippen molar-refractivity contribution in [2.45, 2.75) is 51.5 Å². The van der Waals surface area contributed by atoms with Crippen LogP contribution >= 0.6 is 0 Å². The van der Waals surface area contributed by atoms with Crippen LogP contribution in [0.3, 0.4) is 0 Å². The molecule has 3 aromatic rings. The molecule has 2 aliphatic carbocycles. The molecule has 2 N–H and O–H groups in total. The molecule has 6 heteroatoms. The van der Waals surface area contributed by atoms with E-state index in [1.54, 1.807) is 12.1 Å². The fourth-order valence-corrected chi connectivity index (χ4v) is 5.75. The molecule has 0 aliphatic heterocycles. The molecule has 176 valence electrons. The number of hydrogen-bond donors (Lipinski definition) is 2. The van der Waals surface area contributed by atoms with Crippen LogP contribution in [0, 0.1) is 11.7 Å². The summed E-state index contributed by atoms with van der Waals surface area (Å²) in [6, 6.07) is 16.6. The van der Waals surface area contributed by atoms with E-state index in [1.165, 1.54) is 34.5 Å². The minimum Gasteiger partial charge on any atom is -0.338 e. The van der Waals surface area contributed by atoms with Crippen LogP contribution in [0.5, 0.6) is 0 Å². The minimum atomic E-state index is -0.240. The van der Waals surface area contributed by atoms with Gasteiger partial charge in [0.05, 0.1) is 23.6 Å². The lowest BCUT2D eigenvalue weighted by Crippen LogP contribution is -2.38. The molecule has 2 aromatic carbocycles. The minimum absolute atomic E-state index is 0.0415. The Morgan fingerprint density at radius 1 is 1.18 bits per heavy atom. The number of amides is 2. The first-order valence-electron chi connectivity index (χ1n) is 12.2. The number of urea groups is 1. The molecule has 1 aromatic heterocycles. The van der Waals surface area contributed by atoms with Gasteiger partial charge in [-0.15, -0.1) is 0 Å². The van der Waals surface area contributed by atoms with Crippen molar-refractivity contribution in [3.05, 3.63) is 94.6 Å². The average Bonchev–Trinajstić information content (AvgIpc) is 3.45. The number of nitrogens with one attached hydrogen (secondary N) is 2. The summed E-state index contributed by atoms with van der Waals surface area (Å²) in [6.45, 7) is 4.81. The molecule has 34 heavy (non-hydrogen) atoms. The molecule has 0 fully saturated rings. The Kier molecular flexibility index (Phi) is 6.22. The van der Waals surface area contributed by atoms with Crippen LogP contribution in [0.1, 0.15) is 61.9 Å². The van der Waals surface area contributed by atoms with Gasteiger partial charge in [0, 0.05) is 24.4 Å². The number of benzene rings is 2. The molecular weight excluding hydrogens is 427 g/mol. The summed E-state index contributed by atoms with van der Waals surface area (Å²) in [5.74, 6) is 0.455. The van der Waals surface area contributed by atoms with Crippen molar-refractivity contribution in [3.8, 4) is 5.69 Å². The monoisotopic (exact) mass is 458 g/mol. The van der Waals surface area contributed by atoms with E-state index < -0.39 is 0 Å². The number of rotatable bonds is 6. The summed E-state index contributed by atoms with van der Waals surface area (Å²) < 4.78 is 15.4. The maximum atomic E-state index is 13.4. The van der Waals surface area contributed by atoms with E-state index in [0.29, 0.717) is 12.5 Å². The van der Waals surface area contributed by atoms with Gasteiger partial charge in [-0.25, -0.2) is 13.9 Å². The number of allylic oxidation sites excluding steroid dienone is 2. The van der Waals surface area contributed by atoms with Crippen molar-refractivity contribution >= 4 is 6.03 Å². The molecule has 0 bridgehead atoms. The second kappa shape index (κ2) is 9.45. The topological polar surface area (TPSA) is 59.0 Å². The predicted molar refractivity (Wildman–Crippen MR) is 131 cm³/mol. The van der Waals surface area contributed by atoms with Gasteiger partial charge in [-0.3, -0.25) is 0 Å². The van der Waals surface area contributed by atoms with E-state index >= 15 is 0 Å². The number of hydrogen-bond acceptors (Lipinski definition) is 2. The molecule has 2 amide bonds. The van der Waals surface area contributed by atoms with Crippen LogP contribution in [0.4, 0.5) is 9.18 Å². The zero-order chi connectivity index (χ0) is 23.7. The van der Waals surface area contributed by atoms with Gasteiger partial charge in [0.2, 0.25) is 0 Å². The third-order valence-corrected chi connectivity index (χ3v) is 7.29. The van der Waals surface area contributed by atoms with Crippen molar-refractivity contribution in [2.24, 2.45) is 5.92 Å². The number of halogens is 1. The molecule has 3 atom stereocenters. The molecule has 1 heterocycles.